The van der Waals surface area contributed by atoms with E-state index in [0.29, 0.717) is 18.6 Å². The molecule has 0 saturated heterocycles. The van der Waals surface area contributed by atoms with Crippen LogP contribution in [-0.4, -0.2) is 38.9 Å². The number of carbonyl (C=O) groups is 2. The Kier molecular flexibility index (Phi) is 8.93. The van der Waals surface area contributed by atoms with Gasteiger partial charge in [0, 0.05) is 24.7 Å². The van der Waals surface area contributed by atoms with Crippen LogP contribution in [0.15, 0.2) is 54.6 Å². The van der Waals surface area contributed by atoms with Crippen LogP contribution >= 0.6 is 0 Å². The van der Waals surface area contributed by atoms with Crippen LogP contribution < -0.4 is 4.74 Å². The van der Waals surface area contributed by atoms with Gasteiger partial charge in [-0.2, -0.15) is 0 Å². The van der Waals surface area contributed by atoms with E-state index < -0.39 is 8.32 Å². The Labute approximate surface area is 205 Å². The number of hydrogen-bond acceptors (Lipinski definition) is 5. The number of benzene rings is 1. The van der Waals surface area contributed by atoms with Crippen molar-refractivity contribution in [2.75, 3.05) is 6.61 Å². The Morgan fingerprint density at radius 3 is 2.62 bits per heavy atom. The van der Waals surface area contributed by atoms with Crippen molar-refractivity contribution in [3.8, 4) is 5.75 Å². The molecule has 1 heterocycles. The van der Waals surface area contributed by atoms with E-state index in [0.717, 1.165) is 19.3 Å². The van der Waals surface area contributed by atoms with Crippen molar-refractivity contribution in [1.82, 2.24) is 0 Å². The van der Waals surface area contributed by atoms with E-state index in [1.807, 2.05) is 36.4 Å². The first-order valence-electron chi connectivity index (χ1n) is 12.5. The highest BCUT2D eigenvalue weighted by atomic mass is 28.4. The van der Waals surface area contributed by atoms with Crippen molar-refractivity contribution in [3.63, 3.8) is 0 Å². The SMILES string of the molecule is CC(C)(C)[Si](C)(C)O[C@@H]1C[C@@H]2OC(=O)CCC/C=C\C[C@@H]2[C@H]1/C=C/C(=O)COc1ccccc1. The maximum Gasteiger partial charge on any atom is 0.306 e. The zero-order valence-electron chi connectivity index (χ0n) is 21.3. The number of rotatable bonds is 7. The Morgan fingerprint density at radius 1 is 1.18 bits per heavy atom. The van der Waals surface area contributed by atoms with Crippen LogP contribution in [0.3, 0.4) is 0 Å². The summed E-state index contributed by atoms with van der Waals surface area (Å²) in [7, 11) is -2.06. The Balaban J connectivity index is 1.79. The summed E-state index contributed by atoms with van der Waals surface area (Å²) in [6.07, 6.45) is 11.3. The molecule has 0 N–H and O–H groups in total. The molecule has 1 fully saturated rings. The van der Waals surface area contributed by atoms with Gasteiger partial charge in [0.15, 0.2) is 20.7 Å². The third-order valence-electron chi connectivity index (χ3n) is 7.36. The van der Waals surface area contributed by atoms with Crippen LogP contribution in [-0.2, 0) is 18.8 Å². The normalized spacial score (nSPS) is 27.1. The molecule has 3 rings (SSSR count). The van der Waals surface area contributed by atoms with E-state index in [1.54, 1.807) is 6.08 Å². The zero-order chi connectivity index (χ0) is 24.8. The van der Waals surface area contributed by atoms with Crippen LogP contribution in [0.25, 0.3) is 0 Å². The van der Waals surface area contributed by atoms with Gasteiger partial charge < -0.3 is 13.9 Å². The van der Waals surface area contributed by atoms with Gasteiger partial charge in [-0.05, 0) is 55.6 Å². The van der Waals surface area contributed by atoms with Gasteiger partial charge in [-0.15, -0.1) is 0 Å². The quantitative estimate of drug-likeness (QED) is 0.198. The van der Waals surface area contributed by atoms with Gasteiger partial charge in [0.05, 0.1) is 6.10 Å². The third-order valence-corrected chi connectivity index (χ3v) is 11.9. The van der Waals surface area contributed by atoms with Crippen LogP contribution in [0.5, 0.6) is 5.75 Å². The fraction of sp³-hybridized carbons (Fsp3) is 0.571. The lowest BCUT2D eigenvalue weighted by Crippen LogP contribution is -2.45. The zero-order valence-corrected chi connectivity index (χ0v) is 22.3. The molecule has 1 aliphatic carbocycles. The number of allylic oxidation sites excluding steroid dienone is 2. The van der Waals surface area contributed by atoms with E-state index in [1.165, 1.54) is 0 Å². The van der Waals surface area contributed by atoms with Crippen molar-refractivity contribution < 1.29 is 23.5 Å². The summed E-state index contributed by atoms with van der Waals surface area (Å²) in [5, 5.41) is 0.0632. The van der Waals surface area contributed by atoms with Crippen LogP contribution in [0.4, 0.5) is 0 Å². The van der Waals surface area contributed by atoms with E-state index >= 15 is 0 Å². The third kappa shape index (κ3) is 7.16. The lowest BCUT2D eigenvalue weighted by Gasteiger charge is -2.39. The minimum absolute atomic E-state index is 0.00308. The summed E-state index contributed by atoms with van der Waals surface area (Å²) in [4.78, 5) is 25.0. The maximum atomic E-state index is 12.6. The van der Waals surface area contributed by atoms with Gasteiger partial charge in [-0.1, -0.05) is 57.2 Å². The van der Waals surface area contributed by atoms with Crippen LogP contribution in [0, 0.1) is 11.8 Å². The van der Waals surface area contributed by atoms with E-state index in [-0.39, 0.29) is 47.4 Å². The van der Waals surface area contributed by atoms with Crippen LogP contribution in [0.2, 0.25) is 18.1 Å². The molecule has 0 spiro atoms. The van der Waals surface area contributed by atoms with Gasteiger partial charge in [0.2, 0.25) is 0 Å². The summed E-state index contributed by atoms with van der Waals surface area (Å²) in [5.41, 5.74) is 0. The molecular weight excluding hydrogens is 444 g/mol. The van der Waals surface area contributed by atoms with Gasteiger partial charge in [-0.25, -0.2) is 0 Å². The molecule has 6 heteroatoms. The summed E-state index contributed by atoms with van der Waals surface area (Å²) in [5.74, 6) is 0.539. The number of hydrogen-bond donors (Lipinski definition) is 0. The van der Waals surface area contributed by atoms with Gasteiger partial charge in [-0.3, -0.25) is 9.59 Å². The van der Waals surface area contributed by atoms with Crippen molar-refractivity contribution in [2.45, 2.75) is 83.2 Å². The molecule has 4 atom stereocenters. The van der Waals surface area contributed by atoms with Gasteiger partial charge in [0.25, 0.3) is 0 Å². The Morgan fingerprint density at radius 2 is 1.91 bits per heavy atom. The van der Waals surface area contributed by atoms with Crippen molar-refractivity contribution in [1.29, 1.82) is 0 Å². The fourth-order valence-electron chi connectivity index (χ4n) is 4.38. The largest absolute Gasteiger partial charge is 0.485 e. The van der Waals surface area contributed by atoms with Gasteiger partial charge in [0.1, 0.15) is 11.9 Å². The average molecular weight is 485 g/mol. The first-order chi connectivity index (χ1) is 16.1. The Bertz CT molecular complexity index is 884. The van der Waals surface area contributed by atoms with Crippen LogP contribution in [0.1, 0.15) is 52.9 Å². The van der Waals surface area contributed by atoms with Gasteiger partial charge >= 0.3 is 5.97 Å². The molecule has 186 valence electrons. The summed E-state index contributed by atoms with van der Waals surface area (Å²) in [6.45, 7) is 11.2. The summed E-state index contributed by atoms with van der Waals surface area (Å²) >= 11 is 0. The molecule has 1 aromatic rings. The monoisotopic (exact) mass is 484 g/mol. The number of esters is 1. The van der Waals surface area contributed by atoms with E-state index in [4.69, 9.17) is 13.9 Å². The first kappa shape index (κ1) is 26.4. The number of ether oxygens (including phenoxy) is 2. The second kappa shape index (κ2) is 11.5. The summed E-state index contributed by atoms with van der Waals surface area (Å²) < 4.78 is 18.4. The standard InChI is InChI=1S/C28H40O5Si/c1-28(2,3)34(4,5)33-26-19-25-23(15-11-6-7-12-16-27(30)32-25)24(26)18-17-21(29)20-31-22-13-9-8-10-14-22/h6,8-11,13-14,17-18,23-26H,7,12,15-16,19-20H2,1-5H3/b11-6-,18-17+/t23-,24-,25+,26-/m1/s1. The molecule has 2 aliphatic rings. The van der Waals surface area contributed by atoms with Crippen molar-refractivity contribution >= 4 is 20.1 Å². The summed E-state index contributed by atoms with van der Waals surface area (Å²) in [6, 6.07) is 9.34. The minimum Gasteiger partial charge on any atom is -0.485 e. The molecule has 0 aromatic heterocycles. The molecule has 1 aliphatic heterocycles. The highest BCUT2D eigenvalue weighted by Gasteiger charge is 2.48. The smallest absolute Gasteiger partial charge is 0.306 e. The molecule has 0 radical (unpaired) electrons. The minimum atomic E-state index is -2.06. The highest BCUT2D eigenvalue weighted by Crippen LogP contribution is 2.45. The topological polar surface area (TPSA) is 61.8 Å². The fourth-order valence-corrected chi connectivity index (χ4v) is 5.74. The molecule has 5 nitrogen and oxygen atoms in total. The van der Waals surface area contributed by atoms with Crippen molar-refractivity contribution in [2.24, 2.45) is 11.8 Å². The number of fused-ring (bicyclic) bond motifs is 1. The highest BCUT2D eigenvalue weighted by molar-refractivity contribution is 6.74. The van der Waals surface area contributed by atoms with E-state index in [2.05, 4.69) is 46.0 Å². The van der Waals surface area contributed by atoms with Crippen molar-refractivity contribution in [3.05, 3.63) is 54.6 Å². The second-order valence-corrected chi connectivity index (χ2v) is 15.7. The molecular formula is C28H40O5Si. The lowest BCUT2D eigenvalue weighted by molar-refractivity contribution is -0.151. The molecule has 34 heavy (non-hydrogen) atoms. The molecule has 0 bridgehead atoms. The predicted molar refractivity (Wildman–Crippen MR) is 137 cm³/mol. The number of para-hydroxylation sites is 1. The molecule has 1 saturated carbocycles. The molecule has 1 aromatic carbocycles. The average Bonchev–Trinajstić information content (AvgIpc) is 3.08. The second-order valence-electron chi connectivity index (χ2n) is 10.9. The number of ketones is 1. The van der Waals surface area contributed by atoms with E-state index in [9.17, 15) is 9.59 Å². The lowest BCUT2D eigenvalue weighted by atomic mass is 9.89. The molecule has 0 unspecified atom stereocenters. The first-order valence-corrected chi connectivity index (χ1v) is 15.4. The Hall–Kier alpha value is -2.18. The maximum absolute atomic E-state index is 12.6. The number of carbonyl (C=O) groups excluding carboxylic acids is 2. The molecule has 0 amide bonds. The predicted octanol–water partition coefficient (Wildman–Crippen LogP) is 6.26.